The van der Waals surface area contributed by atoms with E-state index < -0.39 is 0 Å². The lowest BCUT2D eigenvalue weighted by molar-refractivity contribution is 0.252. The summed E-state index contributed by atoms with van der Waals surface area (Å²) in [5, 5.41) is 0.746. The Balaban J connectivity index is 2.20. The highest BCUT2D eigenvalue weighted by Gasteiger charge is 2.16. The number of halogens is 2. The fourth-order valence-electron chi connectivity index (χ4n) is 2.40. The monoisotopic (exact) mass is 306 g/mol. The SMILES string of the molecule is CC(c1ccccc1Cl)N(C)Cc1cc(F)ccc1CN. The minimum Gasteiger partial charge on any atom is -0.326 e. The van der Waals surface area contributed by atoms with Crippen LogP contribution in [0, 0.1) is 5.82 Å². The summed E-state index contributed by atoms with van der Waals surface area (Å²) in [6, 6.07) is 12.7. The largest absolute Gasteiger partial charge is 0.326 e. The molecule has 0 amide bonds. The third-order valence-corrected chi connectivity index (χ3v) is 4.17. The minimum atomic E-state index is -0.235. The van der Waals surface area contributed by atoms with Gasteiger partial charge in [-0.05, 0) is 48.9 Å². The molecule has 0 aliphatic heterocycles. The number of benzene rings is 2. The van der Waals surface area contributed by atoms with E-state index in [4.69, 9.17) is 17.3 Å². The van der Waals surface area contributed by atoms with Crippen LogP contribution >= 0.6 is 11.6 Å². The van der Waals surface area contributed by atoms with E-state index in [1.54, 1.807) is 12.1 Å². The molecule has 1 atom stereocenters. The van der Waals surface area contributed by atoms with Crippen LogP contribution in [0.25, 0.3) is 0 Å². The van der Waals surface area contributed by atoms with E-state index in [2.05, 4.69) is 11.8 Å². The number of hydrogen-bond donors (Lipinski definition) is 1. The summed E-state index contributed by atoms with van der Waals surface area (Å²) in [7, 11) is 2.00. The van der Waals surface area contributed by atoms with Gasteiger partial charge in [0.15, 0.2) is 0 Å². The zero-order chi connectivity index (χ0) is 15.4. The summed E-state index contributed by atoms with van der Waals surface area (Å²) in [4.78, 5) is 2.13. The molecule has 2 aromatic carbocycles. The van der Waals surface area contributed by atoms with Gasteiger partial charge in [-0.15, -0.1) is 0 Å². The van der Waals surface area contributed by atoms with Gasteiger partial charge in [-0.3, -0.25) is 4.90 Å². The average molecular weight is 307 g/mol. The number of nitrogens with zero attached hydrogens (tertiary/aromatic N) is 1. The lowest BCUT2D eigenvalue weighted by Crippen LogP contribution is -2.23. The Hall–Kier alpha value is -1.42. The third kappa shape index (κ3) is 3.82. The Morgan fingerprint density at radius 1 is 1.19 bits per heavy atom. The Morgan fingerprint density at radius 2 is 1.90 bits per heavy atom. The Labute approximate surface area is 130 Å². The average Bonchev–Trinajstić information content (AvgIpc) is 2.47. The fraction of sp³-hybridized carbons (Fsp3) is 0.294. The molecule has 2 N–H and O–H groups in total. The van der Waals surface area contributed by atoms with Crippen molar-refractivity contribution in [2.24, 2.45) is 5.73 Å². The molecule has 0 spiro atoms. The molecule has 0 aliphatic rings. The molecule has 0 aromatic heterocycles. The van der Waals surface area contributed by atoms with Gasteiger partial charge >= 0.3 is 0 Å². The first-order chi connectivity index (χ1) is 10.0. The Kier molecular flexibility index (Phi) is 5.34. The zero-order valence-corrected chi connectivity index (χ0v) is 13.1. The van der Waals surface area contributed by atoms with E-state index in [-0.39, 0.29) is 11.9 Å². The van der Waals surface area contributed by atoms with Crippen LogP contribution in [0.5, 0.6) is 0 Å². The molecule has 0 fully saturated rings. The van der Waals surface area contributed by atoms with Gasteiger partial charge < -0.3 is 5.73 Å². The quantitative estimate of drug-likeness (QED) is 0.900. The highest BCUT2D eigenvalue weighted by Crippen LogP contribution is 2.27. The van der Waals surface area contributed by atoms with Gasteiger partial charge in [0, 0.05) is 24.2 Å². The zero-order valence-electron chi connectivity index (χ0n) is 12.3. The summed E-state index contributed by atoms with van der Waals surface area (Å²) in [5.41, 5.74) is 8.67. The Bertz CT molecular complexity index is 615. The first-order valence-corrected chi connectivity index (χ1v) is 7.32. The first kappa shape index (κ1) is 16.0. The molecule has 4 heteroatoms. The molecule has 0 radical (unpaired) electrons. The third-order valence-electron chi connectivity index (χ3n) is 3.82. The van der Waals surface area contributed by atoms with Crippen molar-refractivity contribution in [1.29, 1.82) is 0 Å². The normalized spacial score (nSPS) is 12.7. The van der Waals surface area contributed by atoms with E-state index in [9.17, 15) is 4.39 Å². The van der Waals surface area contributed by atoms with E-state index in [1.807, 2.05) is 31.3 Å². The van der Waals surface area contributed by atoms with Crippen LogP contribution in [-0.4, -0.2) is 11.9 Å². The van der Waals surface area contributed by atoms with Gasteiger partial charge in [-0.2, -0.15) is 0 Å². The van der Waals surface area contributed by atoms with Crippen molar-refractivity contribution in [2.75, 3.05) is 7.05 Å². The predicted octanol–water partition coefficient (Wildman–Crippen LogP) is 4.13. The molecule has 1 unspecified atom stereocenters. The van der Waals surface area contributed by atoms with Gasteiger partial charge in [0.1, 0.15) is 5.82 Å². The molecule has 0 saturated heterocycles. The van der Waals surface area contributed by atoms with Gasteiger partial charge in [0.05, 0.1) is 0 Å². The second-order valence-electron chi connectivity index (χ2n) is 5.23. The van der Waals surface area contributed by atoms with Crippen molar-refractivity contribution >= 4 is 11.6 Å². The van der Waals surface area contributed by atoms with Crippen molar-refractivity contribution in [3.63, 3.8) is 0 Å². The molecule has 0 saturated carbocycles. The molecule has 0 heterocycles. The predicted molar refractivity (Wildman–Crippen MR) is 85.6 cm³/mol. The topological polar surface area (TPSA) is 29.3 Å². The lowest BCUT2D eigenvalue weighted by atomic mass is 10.0. The summed E-state index contributed by atoms with van der Waals surface area (Å²) in [6.45, 7) is 3.11. The van der Waals surface area contributed by atoms with E-state index in [1.165, 1.54) is 6.07 Å². The van der Waals surface area contributed by atoms with Crippen molar-refractivity contribution in [3.8, 4) is 0 Å². The van der Waals surface area contributed by atoms with Crippen LogP contribution in [0.1, 0.15) is 29.7 Å². The highest BCUT2D eigenvalue weighted by atomic mass is 35.5. The maximum Gasteiger partial charge on any atom is 0.123 e. The van der Waals surface area contributed by atoms with Crippen LogP contribution in [0.2, 0.25) is 5.02 Å². The van der Waals surface area contributed by atoms with E-state index in [0.717, 1.165) is 21.7 Å². The molecule has 2 rings (SSSR count). The smallest absolute Gasteiger partial charge is 0.123 e. The lowest BCUT2D eigenvalue weighted by Gasteiger charge is -2.26. The molecular formula is C17H20ClFN2. The molecular weight excluding hydrogens is 287 g/mol. The van der Waals surface area contributed by atoms with Crippen molar-refractivity contribution < 1.29 is 4.39 Å². The maximum atomic E-state index is 13.4. The summed E-state index contributed by atoms with van der Waals surface area (Å²) >= 11 is 6.24. The molecule has 0 bridgehead atoms. The fourth-order valence-corrected chi connectivity index (χ4v) is 2.69. The first-order valence-electron chi connectivity index (χ1n) is 6.95. The second kappa shape index (κ2) is 7.03. The molecule has 2 nitrogen and oxygen atoms in total. The van der Waals surface area contributed by atoms with E-state index >= 15 is 0 Å². The van der Waals surface area contributed by atoms with Crippen molar-refractivity contribution in [2.45, 2.75) is 26.1 Å². The van der Waals surface area contributed by atoms with Gasteiger partial charge in [-0.25, -0.2) is 4.39 Å². The van der Waals surface area contributed by atoms with Gasteiger partial charge in [0.25, 0.3) is 0 Å². The summed E-state index contributed by atoms with van der Waals surface area (Å²) < 4.78 is 13.4. The molecule has 0 aliphatic carbocycles. The van der Waals surface area contributed by atoms with Crippen LogP contribution in [0.15, 0.2) is 42.5 Å². The van der Waals surface area contributed by atoms with Gasteiger partial charge in [-0.1, -0.05) is 35.9 Å². The molecule has 2 aromatic rings. The maximum absolute atomic E-state index is 13.4. The number of hydrogen-bond acceptors (Lipinski definition) is 2. The van der Waals surface area contributed by atoms with Crippen molar-refractivity contribution in [3.05, 3.63) is 70.0 Å². The second-order valence-corrected chi connectivity index (χ2v) is 5.64. The van der Waals surface area contributed by atoms with E-state index in [0.29, 0.717) is 13.1 Å². The Morgan fingerprint density at radius 3 is 2.57 bits per heavy atom. The van der Waals surface area contributed by atoms with Crippen LogP contribution in [0.4, 0.5) is 4.39 Å². The summed E-state index contributed by atoms with van der Waals surface area (Å²) in [5.74, 6) is -0.235. The standard InChI is InChI=1S/C17H20ClFN2/c1-12(16-5-3-4-6-17(16)18)21(2)11-14-9-15(19)8-7-13(14)10-20/h3-9,12H,10-11,20H2,1-2H3. The minimum absolute atomic E-state index is 0.132. The van der Waals surface area contributed by atoms with Crippen LogP contribution in [-0.2, 0) is 13.1 Å². The molecule has 112 valence electrons. The van der Waals surface area contributed by atoms with Crippen LogP contribution < -0.4 is 5.73 Å². The number of rotatable bonds is 5. The molecule has 21 heavy (non-hydrogen) atoms. The number of nitrogens with two attached hydrogens (primary N) is 1. The summed E-state index contributed by atoms with van der Waals surface area (Å²) in [6.07, 6.45) is 0. The van der Waals surface area contributed by atoms with Gasteiger partial charge in [0.2, 0.25) is 0 Å². The van der Waals surface area contributed by atoms with Crippen LogP contribution in [0.3, 0.4) is 0 Å². The highest BCUT2D eigenvalue weighted by molar-refractivity contribution is 6.31. The van der Waals surface area contributed by atoms with Crippen molar-refractivity contribution in [1.82, 2.24) is 4.90 Å².